The molecule has 1 aliphatic heterocycles. The highest BCUT2D eigenvalue weighted by molar-refractivity contribution is 7.17. The van der Waals surface area contributed by atoms with Gasteiger partial charge in [-0.2, -0.15) is 0 Å². The second-order valence-electron chi connectivity index (χ2n) is 8.44. The molecule has 2 aromatic heterocycles. The average Bonchev–Trinajstić information content (AvgIpc) is 3.39. The van der Waals surface area contributed by atoms with E-state index in [1.54, 1.807) is 11.3 Å². The van der Waals surface area contributed by atoms with Crippen LogP contribution in [0.3, 0.4) is 0 Å². The van der Waals surface area contributed by atoms with Crippen LogP contribution in [0.25, 0.3) is 10.2 Å². The summed E-state index contributed by atoms with van der Waals surface area (Å²) >= 11 is 1.67. The third-order valence-electron chi connectivity index (χ3n) is 6.31. The van der Waals surface area contributed by atoms with Crippen molar-refractivity contribution in [2.75, 3.05) is 13.1 Å². The molecule has 1 aromatic carbocycles. The van der Waals surface area contributed by atoms with Gasteiger partial charge in [0.2, 0.25) is 5.91 Å². The van der Waals surface area contributed by atoms with E-state index in [1.807, 2.05) is 29.2 Å². The molecule has 0 bridgehead atoms. The maximum absolute atomic E-state index is 13.1. The predicted molar refractivity (Wildman–Crippen MR) is 126 cm³/mol. The number of aromatic nitrogens is 1. The molecule has 1 saturated heterocycles. The molecule has 0 radical (unpaired) electrons. The van der Waals surface area contributed by atoms with E-state index in [1.165, 1.54) is 5.56 Å². The minimum atomic E-state index is -0.00956. The first-order valence-corrected chi connectivity index (χ1v) is 12.1. The Labute approximate surface area is 188 Å². The largest absolute Gasteiger partial charge is 0.353 e. The van der Waals surface area contributed by atoms with Gasteiger partial charge in [-0.1, -0.05) is 30.3 Å². The van der Waals surface area contributed by atoms with Crippen molar-refractivity contribution in [3.8, 4) is 0 Å². The normalized spacial score (nSPS) is 15.9. The molecule has 3 aromatic rings. The van der Waals surface area contributed by atoms with Crippen LogP contribution in [0.15, 0.2) is 47.8 Å². The van der Waals surface area contributed by atoms with E-state index in [-0.39, 0.29) is 23.8 Å². The lowest BCUT2D eigenvalue weighted by Gasteiger charge is -2.32. The maximum Gasteiger partial charge on any atom is 0.270 e. The van der Waals surface area contributed by atoms with Crippen molar-refractivity contribution in [2.45, 2.75) is 52.1 Å². The van der Waals surface area contributed by atoms with E-state index >= 15 is 0 Å². The highest BCUT2D eigenvalue weighted by Crippen LogP contribution is 2.27. The zero-order valence-corrected chi connectivity index (χ0v) is 19.2. The number of amides is 2. The van der Waals surface area contributed by atoms with Crippen LogP contribution in [-0.2, 0) is 17.8 Å². The summed E-state index contributed by atoms with van der Waals surface area (Å²) < 4.78 is 3.26. The number of thiophene rings is 1. The van der Waals surface area contributed by atoms with Gasteiger partial charge in [-0.15, -0.1) is 11.3 Å². The molecular formula is C25H31N3O2S. The van der Waals surface area contributed by atoms with Crippen LogP contribution in [0.2, 0.25) is 0 Å². The molecule has 0 spiro atoms. The number of aryl methyl sites for hydroxylation is 2. The first kappa shape index (κ1) is 21.6. The molecule has 4 rings (SSSR count). The number of rotatable bonds is 7. The molecule has 31 heavy (non-hydrogen) atoms. The number of fused-ring (bicyclic) bond motifs is 1. The quantitative estimate of drug-likeness (QED) is 0.582. The summed E-state index contributed by atoms with van der Waals surface area (Å²) in [7, 11) is 0. The highest BCUT2D eigenvalue weighted by Gasteiger charge is 2.29. The second kappa shape index (κ2) is 9.69. The van der Waals surface area contributed by atoms with E-state index in [0.29, 0.717) is 13.1 Å². The number of benzene rings is 1. The van der Waals surface area contributed by atoms with Gasteiger partial charge in [0.15, 0.2) is 0 Å². The van der Waals surface area contributed by atoms with E-state index in [2.05, 4.69) is 47.3 Å². The van der Waals surface area contributed by atoms with Crippen LogP contribution in [0.5, 0.6) is 0 Å². The molecule has 1 unspecified atom stereocenters. The number of nitrogens with one attached hydrogen (secondary N) is 1. The number of hydrogen-bond donors (Lipinski definition) is 1. The Kier molecular flexibility index (Phi) is 6.76. The van der Waals surface area contributed by atoms with Crippen LogP contribution in [0.4, 0.5) is 0 Å². The number of hydrogen-bond acceptors (Lipinski definition) is 3. The first-order chi connectivity index (χ1) is 15.1. The number of nitrogens with zero attached hydrogens (tertiary/aromatic N) is 2. The van der Waals surface area contributed by atoms with Crippen molar-refractivity contribution in [2.24, 2.45) is 5.92 Å². The molecule has 0 saturated carbocycles. The number of carbonyl (C=O) groups excluding carboxylic acids is 2. The van der Waals surface area contributed by atoms with E-state index in [9.17, 15) is 9.59 Å². The maximum atomic E-state index is 13.1. The van der Waals surface area contributed by atoms with Crippen molar-refractivity contribution < 1.29 is 9.59 Å². The van der Waals surface area contributed by atoms with Gasteiger partial charge in [0, 0.05) is 31.6 Å². The third-order valence-corrected chi connectivity index (χ3v) is 7.16. The SMILES string of the molecule is CCn1c(C(=O)N2CCC(C(=O)NC(C)CCc3ccccc3)CC2)cc2sccc21. The zero-order valence-electron chi connectivity index (χ0n) is 18.3. The lowest BCUT2D eigenvalue weighted by Crippen LogP contribution is -2.45. The molecule has 0 aliphatic carbocycles. The van der Waals surface area contributed by atoms with Gasteiger partial charge in [-0.3, -0.25) is 9.59 Å². The fourth-order valence-electron chi connectivity index (χ4n) is 4.46. The summed E-state index contributed by atoms with van der Waals surface area (Å²) in [5.41, 5.74) is 3.20. The lowest BCUT2D eigenvalue weighted by atomic mass is 9.95. The smallest absolute Gasteiger partial charge is 0.270 e. The molecule has 6 heteroatoms. The van der Waals surface area contributed by atoms with Crippen molar-refractivity contribution >= 4 is 33.4 Å². The molecule has 164 valence electrons. The van der Waals surface area contributed by atoms with Crippen molar-refractivity contribution in [3.05, 3.63) is 59.1 Å². The van der Waals surface area contributed by atoms with Crippen LogP contribution in [0, 0.1) is 5.92 Å². The Morgan fingerprint density at radius 3 is 2.61 bits per heavy atom. The molecule has 1 N–H and O–H groups in total. The number of likely N-dealkylation sites (tertiary alicyclic amines) is 1. The van der Waals surface area contributed by atoms with Gasteiger partial charge in [-0.05, 0) is 62.6 Å². The van der Waals surface area contributed by atoms with Crippen LogP contribution in [0.1, 0.15) is 49.2 Å². The minimum absolute atomic E-state index is 0.00956. The van der Waals surface area contributed by atoms with Crippen LogP contribution in [-0.4, -0.2) is 40.4 Å². The summed E-state index contributed by atoms with van der Waals surface area (Å²) in [6, 6.07) is 14.6. The summed E-state index contributed by atoms with van der Waals surface area (Å²) in [5.74, 6) is 0.204. The first-order valence-electron chi connectivity index (χ1n) is 11.3. The Morgan fingerprint density at radius 1 is 1.16 bits per heavy atom. The van der Waals surface area contributed by atoms with Crippen molar-refractivity contribution in [3.63, 3.8) is 0 Å². The zero-order chi connectivity index (χ0) is 21.8. The topological polar surface area (TPSA) is 54.3 Å². The summed E-state index contributed by atoms with van der Waals surface area (Å²) in [4.78, 5) is 27.8. The predicted octanol–water partition coefficient (Wildman–Crippen LogP) is 4.71. The number of carbonyl (C=O) groups is 2. The second-order valence-corrected chi connectivity index (χ2v) is 9.39. The molecule has 2 amide bonds. The van der Waals surface area contributed by atoms with E-state index in [0.717, 1.165) is 48.1 Å². The molecular weight excluding hydrogens is 406 g/mol. The minimum Gasteiger partial charge on any atom is -0.353 e. The summed E-state index contributed by atoms with van der Waals surface area (Å²) in [6.07, 6.45) is 3.34. The fraction of sp³-hybridized carbons (Fsp3) is 0.440. The van der Waals surface area contributed by atoms with Gasteiger partial charge in [0.05, 0.1) is 10.2 Å². The number of piperidine rings is 1. The molecule has 3 heterocycles. The van der Waals surface area contributed by atoms with Crippen molar-refractivity contribution in [1.29, 1.82) is 0 Å². The monoisotopic (exact) mass is 437 g/mol. The van der Waals surface area contributed by atoms with Gasteiger partial charge in [0.1, 0.15) is 5.69 Å². The summed E-state index contributed by atoms with van der Waals surface area (Å²) in [5, 5.41) is 5.25. The molecule has 1 fully saturated rings. The van der Waals surface area contributed by atoms with Crippen molar-refractivity contribution in [1.82, 2.24) is 14.8 Å². The van der Waals surface area contributed by atoms with E-state index in [4.69, 9.17) is 0 Å². The van der Waals surface area contributed by atoms with Crippen LogP contribution < -0.4 is 5.32 Å². The molecule has 1 atom stereocenters. The Hall–Kier alpha value is -2.60. The van der Waals surface area contributed by atoms with Gasteiger partial charge >= 0.3 is 0 Å². The summed E-state index contributed by atoms with van der Waals surface area (Å²) in [6.45, 7) is 6.20. The molecule has 1 aliphatic rings. The Balaban J connectivity index is 1.28. The van der Waals surface area contributed by atoms with Gasteiger partial charge in [0.25, 0.3) is 5.91 Å². The standard InChI is InChI=1S/C25H31N3O2S/c1-3-28-21-13-16-31-23(21)17-22(28)25(30)27-14-11-20(12-15-27)24(29)26-18(2)9-10-19-7-5-4-6-8-19/h4-8,13,16-18,20H,3,9-12,14-15H2,1-2H3,(H,26,29). The van der Waals surface area contributed by atoms with Gasteiger partial charge in [-0.25, -0.2) is 0 Å². The van der Waals surface area contributed by atoms with Gasteiger partial charge < -0.3 is 14.8 Å². The van der Waals surface area contributed by atoms with E-state index < -0.39 is 0 Å². The highest BCUT2D eigenvalue weighted by atomic mass is 32.1. The Bertz CT molecular complexity index is 1030. The Morgan fingerprint density at radius 2 is 1.90 bits per heavy atom. The van der Waals surface area contributed by atoms with Crippen LogP contribution >= 0.6 is 11.3 Å². The third kappa shape index (κ3) is 4.85. The fourth-order valence-corrected chi connectivity index (χ4v) is 5.28. The molecule has 5 nitrogen and oxygen atoms in total. The lowest BCUT2D eigenvalue weighted by molar-refractivity contribution is -0.126. The average molecular weight is 438 g/mol.